The molecule has 0 fully saturated rings. The highest BCUT2D eigenvalue weighted by Crippen LogP contribution is 2.34. The van der Waals surface area contributed by atoms with Gasteiger partial charge in [-0.3, -0.25) is 9.69 Å². The van der Waals surface area contributed by atoms with Gasteiger partial charge in [-0.05, 0) is 73.2 Å². The first-order valence-corrected chi connectivity index (χ1v) is 17.8. The highest BCUT2D eigenvalue weighted by Gasteiger charge is 2.33. The molecule has 5 rings (SSSR count). The van der Waals surface area contributed by atoms with Crippen molar-refractivity contribution in [2.75, 3.05) is 24.7 Å². The molecule has 46 heavy (non-hydrogen) atoms. The summed E-state index contributed by atoms with van der Waals surface area (Å²) in [6, 6.07) is 27.1. The summed E-state index contributed by atoms with van der Waals surface area (Å²) in [4.78, 5) is 21.1. The molecule has 1 aliphatic heterocycles. The molecule has 3 aromatic carbocycles. The van der Waals surface area contributed by atoms with Crippen molar-refractivity contribution in [3.8, 4) is 5.69 Å². The molecule has 0 aliphatic carbocycles. The number of unbranched alkanes of at least 4 members (excludes halogenated alkanes) is 2. The molecule has 2 atom stereocenters. The van der Waals surface area contributed by atoms with Crippen molar-refractivity contribution < 1.29 is 15.0 Å². The number of amides is 1. The van der Waals surface area contributed by atoms with Crippen LogP contribution in [0.5, 0.6) is 0 Å². The Morgan fingerprint density at radius 1 is 1.00 bits per heavy atom. The van der Waals surface area contributed by atoms with Gasteiger partial charge in [-0.15, -0.1) is 0 Å². The Hall–Kier alpha value is -3.76. The molecule has 0 bridgehead atoms. The summed E-state index contributed by atoms with van der Waals surface area (Å²) in [6.07, 6.45) is 3.60. The third-order valence-corrected chi connectivity index (χ3v) is 9.83. The molecule has 0 saturated carbocycles. The number of rotatable bonds is 15. The number of nitrogens with zero attached hydrogens (tertiary/aromatic N) is 4. The smallest absolute Gasteiger partial charge is 0.274 e. The van der Waals surface area contributed by atoms with Crippen molar-refractivity contribution in [3.63, 3.8) is 0 Å². The maximum absolute atomic E-state index is 13.7. The third-order valence-electron chi connectivity index (χ3n) is 8.78. The quantitative estimate of drug-likeness (QED) is 0.141. The van der Waals surface area contributed by atoms with E-state index in [1.807, 2.05) is 59.2 Å². The number of anilines is 1. The molecule has 0 saturated heterocycles. The van der Waals surface area contributed by atoms with Gasteiger partial charge in [0, 0.05) is 42.6 Å². The predicted molar refractivity (Wildman–Crippen MR) is 185 cm³/mol. The highest BCUT2D eigenvalue weighted by atomic mass is 28.2. The molecule has 9 heteroatoms. The molecular weight excluding hydrogens is 591 g/mol. The van der Waals surface area contributed by atoms with Crippen LogP contribution in [0.3, 0.4) is 0 Å². The molecule has 8 nitrogen and oxygen atoms in total. The van der Waals surface area contributed by atoms with Gasteiger partial charge in [0.1, 0.15) is 6.23 Å². The van der Waals surface area contributed by atoms with Crippen LogP contribution in [0.15, 0.2) is 78.9 Å². The first-order valence-electron chi connectivity index (χ1n) is 16.6. The van der Waals surface area contributed by atoms with Gasteiger partial charge in [0.25, 0.3) is 5.91 Å². The summed E-state index contributed by atoms with van der Waals surface area (Å²) in [7, 11) is 0.454. The molecule has 3 N–H and O–H groups in total. The molecule has 0 spiro atoms. The zero-order valence-electron chi connectivity index (χ0n) is 27.3. The van der Waals surface area contributed by atoms with E-state index < -0.39 is 6.23 Å². The van der Waals surface area contributed by atoms with Gasteiger partial charge in [-0.25, -0.2) is 4.68 Å². The predicted octanol–water partition coefficient (Wildman–Crippen LogP) is 5.86. The van der Waals surface area contributed by atoms with Crippen LogP contribution in [0.25, 0.3) is 5.69 Å². The van der Waals surface area contributed by atoms with E-state index in [1.54, 1.807) is 4.68 Å². The van der Waals surface area contributed by atoms with Crippen LogP contribution in [-0.2, 0) is 19.0 Å². The number of aliphatic hydroxyl groups is 2. The van der Waals surface area contributed by atoms with Gasteiger partial charge in [0.2, 0.25) is 0 Å². The average Bonchev–Trinajstić information content (AvgIpc) is 3.48. The topological polar surface area (TPSA) is 93.9 Å². The van der Waals surface area contributed by atoms with Crippen molar-refractivity contribution in [2.24, 2.45) is 0 Å². The number of benzene rings is 3. The number of hydrogen-bond acceptors (Lipinski definition) is 6. The zero-order valence-corrected chi connectivity index (χ0v) is 28.3. The van der Waals surface area contributed by atoms with Gasteiger partial charge in [0.15, 0.2) is 15.4 Å². The molecule has 1 amide bonds. The molecular formula is C37H47N5O3Si. The van der Waals surface area contributed by atoms with E-state index in [-0.39, 0.29) is 18.6 Å². The van der Waals surface area contributed by atoms with Crippen LogP contribution in [-0.4, -0.2) is 71.1 Å². The highest BCUT2D eigenvalue weighted by molar-refractivity contribution is 6.39. The fourth-order valence-electron chi connectivity index (χ4n) is 6.12. The van der Waals surface area contributed by atoms with E-state index in [0.717, 1.165) is 48.7 Å². The van der Waals surface area contributed by atoms with Crippen molar-refractivity contribution in [1.29, 1.82) is 0 Å². The summed E-state index contributed by atoms with van der Waals surface area (Å²) < 4.78 is 1.78. The van der Waals surface area contributed by atoms with E-state index in [4.69, 9.17) is 5.10 Å². The number of aromatic nitrogens is 2. The van der Waals surface area contributed by atoms with Gasteiger partial charge < -0.3 is 20.1 Å². The first-order chi connectivity index (χ1) is 22.4. The van der Waals surface area contributed by atoms with Gasteiger partial charge >= 0.3 is 0 Å². The number of fused-ring (bicyclic) bond motifs is 1. The van der Waals surface area contributed by atoms with Gasteiger partial charge in [-0.1, -0.05) is 81.3 Å². The molecule has 1 aliphatic rings. The number of nitrogens with one attached hydrogen (secondary N) is 1. The minimum Gasteiger partial charge on any atom is -0.411 e. The van der Waals surface area contributed by atoms with E-state index in [1.165, 1.54) is 11.1 Å². The summed E-state index contributed by atoms with van der Waals surface area (Å²) >= 11 is 0. The molecule has 4 aromatic rings. The Bertz CT molecular complexity index is 1570. The number of carbonyl (C=O) groups excluding carboxylic acids is 1. The van der Waals surface area contributed by atoms with E-state index in [9.17, 15) is 15.0 Å². The average molecular weight is 638 g/mol. The fourth-order valence-corrected chi connectivity index (χ4v) is 7.00. The number of carbonyl (C=O) groups is 1. The van der Waals surface area contributed by atoms with Crippen LogP contribution in [0, 0.1) is 6.92 Å². The lowest BCUT2D eigenvalue weighted by molar-refractivity contribution is -0.0529. The van der Waals surface area contributed by atoms with Crippen molar-refractivity contribution in [2.45, 2.75) is 77.7 Å². The molecule has 242 valence electrons. The summed E-state index contributed by atoms with van der Waals surface area (Å²) in [5.41, 5.74) is 7.12. The SMILES string of the molecule is CCCCN(CCCC)C(=O)c1cc(C)n(-c2ccc(N[Si]Cc3ccccc3)cc2C(O)N2Cc3ccccc3C[C@H]2CO)n1. The summed E-state index contributed by atoms with van der Waals surface area (Å²) in [5.74, 6) is -0.0563. The number of aliphatic hydroxyl groups excluding tert-OH is 2. The fraction of sp³-hybridized carbons (Fsp3) is 0.405. The molecule has 1 unspecified atom stereocenters. The lowest BCUT2D eigenvalue weighted by Crippen LogP contribution is -2.45. The summed E-state index contributed by atoms with van der Waals surface area (Å²) in [5, 5.41) is 27.4. The van der Waals surface area contributed by atoms with Crippen molar-refractivity contribution in [3.05, 3.63) is 113 Å². The molecule has 1 aromatic heterocycles. The standard InChI is InChI=1S/C37H47N5O3Si/c1-4-6-19-40(20-7-5-2)37(45)34-21-27(3)42(38-34)35-18-17-31(39-46-26-28-13-9-8-10-14-28)23-33(35)36(44)41-24-30-16-12-11-15-29(30)22-32(41)25-43/h8-18,21,23,32,36,39,43-44H,4-7,19-20,22,24-26H2,1-3H3/t32-,36?/m0/s1. The zero-order chi connectivity index (χ0) is 32.5. The lowest BCUT2D eigenvalue weighted by atomic mass is 9.93. The van der Waals surface area contributed by atoms with E-state index in [0.29, 0.717) is 52.7 Å². The Morgan fingerprint density at radius 2 is 1.70 bits per heavy atom. The van der Waals surface area contributed by atoms with Crippen molar-refractivity contribution >= 4 is 21.3 Å². The van der Waals surface area contributed by atoms with Crippen LogP contribution in [0.1, 0.15) is 84.2 Å². The first kappa shape index (κ1) is 33.6. The summed E-state index contributed by atoms with van der Waals surface area (Å²) in [6.45, 7) is 8.10. The van der Waals surface area contributed by atoms with Crippen molar-refractivity contribution in [1.82, 2.24) is 19.6 Å². The minimum atomic E-state index is -1.01. The minimum absolute atomic E-state index is 0.0563. The third kappa shape index (κ3) is 7.96. The Morgan fingerprint density at radius 3 is 2.39 bits per heavy atom. The Balaban J connectivity index is 1.48. The molecule has 2 heterocycles. The number of hydrogen-bond donors (Lipinski definition) is 3. The molecule has 2 radical (unpaired) electrons. The van der Waals surface area contributed by atoms with Crippen LogP contribution >= 0.6 is 0 Å². The maximum atomic E-state index is 13.7. The number of aryl methyl sites for hydroxylation is 1. The largest absolute Gasteiger partial charge is 0.411 e. The Kier molecular flexibility index (Phi) is 11.8. The van der Waals surface area contributed by atoms with Crippen LogP contribution in [0.4, 0.5) is 5.69 Å². The monoisotopic (exact) mass is 637 g/mol. The van der Waals surface area contributed by atoms with E-state index in [2.05, 4.69) is 55.2 Å². The second kappa shape index (κ2) is 16.2. The normalized spacial score (nSPS) is 15.4. The van der Waals surface area contributed by atoms with Gasteiger partial charge in [0.05, 0.1) is 12.3 Å². The van der Waals surface area contributed by atoms with Gasteiger partial charge in [-0.2, -0.15) is 5.10 Å². The van der Waals surface area contributed by atoms with Crippen LogP contribution in [0.2, 0.25) is 0 Å². The second-order valence-electron chi connectivity index (χ2n) is 12.2. The second-order valence-corrected chi connectivity index (χ2v) is 13.1. The lowest BCUT2D eigenvalue weighted by Gasteiger charge is -2.39. The van der Waals surface area contributed by atoms with Crippen LogP contribution < -0.4 is 4.98 Å². The Labute approximate surface area is 276 Å². The maximum Gasteiger partial charge on any atom is 0.274 e. The van der Waals surface area contributed by atoms with E-state index >= 15 is 0 Å².